The first-order valence-corrected chi connectivity index (χ1v) is 6.44. The van der Waals surface area contributed by atoms with Gasteiger partial charge in [0.25, 0.3) is 0 Å². The van der Waals surface area contributed by atoms with E-state index in [0.717, 1.165) is 22.7 Å². The summed E-state index contributed by atoms with van der Waals surface area (Å²) in [5.74, 6) is 0. The predicted molar refractivity (Wildman–Crippen MR) is 70.3 cm³/mol. The van der Waals surface area contributed by atoms with Gasteiger partial charge in [-0.2, -0.15) is 0 Å². The van der Waals surface area contributed by atoms with Crippen LogP contribution in [-0.4, -0.2) is 11.5 Å². The van der Waals surface area contributed by atoms with Gasteiger partial charge in [0.15, 0.2) is 0 Å². The summed E-state index contributed by atoms with van der Waals surface area (Å²) in [6.07, 6.45) is 0.801. The summed E-state index contributed by atoms with van der Waals surface area (Å²) < 4.78 is 0. The van der Waals surface area contributed by atoms with Crippen LogP contribution in [0.15, 0.2) is 23.6 Å². The number of nitrogens with two attached hydrogens (primary N) is 1. The smallest absolute Gasteiger partial charge is 0.0945 e. The molecule has 2 nitrogen and oxygen atoms in total. The maximum absolute atomic E-state index is 6.11. The number of halogens is 2. The minimum atomic E-state index is 0.612. The fourth-order valence-corrected chi connectivity index (χ4v) is 2.69. The lowest BCUT2D eigenvalue weighted by atomic mass is 10.2. The Morgan fingerprint density at radius 1 is 1.31 bits per heavy atom. The van der Waals surface area contributed by atoms with Crippen LogP contribution in [0.4, 0.5) is 0 Å². The van der Waals surface area contributed by atoms with Gasteiger partial charge in [0.05, 0.1) is 15.7 Å². The summed E-state index contributed by atoms with van der Waals surface area (Å²) in [5.41, 5.74) is 7.27. The second-order valence-electron chi connectivity index (χ2n) is 3.29. The highest BCUT2D eigenvalue weighted by Crippen LogP contribution is 2.30. The first-order valence-electron chi connectivity index (χ1n) is 4.80. The zero-order chi connectivity index (χ0) is 11.5. The van der Waals surface area contributed by atoms with E-state index in [9.17, 15) is 0 Å². The van der Waals surface area contributed by atoms with Crippen molar-refractivity contribution in [2.75, 3.05) is 6.54 Å². The molecular weight excluding hydrogens is 263 g/mol. The minimum Gasteiger partial charge on any atom is -0.330 e. The highest BCUT2D eigenvalue weighted by atomic mass is 35.5. The average Bonchev–Trinajstić information content (AvgIpc) is 2.67. The van der Waals surface area contributed by atoms with Crippen LogP contribution >= 0.6 is 34.5 Å². The molecule has 0 amide bonds. The maximum atomic E-state index is 6.11. The molecule has 1 aromatic heterocycles. The summed E-state index contributed by atoms with van der Waals surface area (Å²) >= 11 is 13.5. The molecule has 0 saturated heterocycles. The number of aromatic nitrogens is 1. The van der Waals surface area contributed by atoms with E-state index in [-0.39, 0.29) is 0 Å². The molecule has 0 aliphatic carbocycles. The van der Waals surface area contributed by atoms with Crippen molar-refractivity contribution in [3.8, 4) is 11.3 Å². The number of hydrogen-bond acceptors (Lipinski definition) is 3. The summed E-state index contributed by atoms with van der Waals surface area (Å²) in [4.78, 5) is 4.47. The van der Waals surface area contributed by atoms with Gasteiger partial charge in [0.2, 0.25) is 0 Å². The van der Waals surface area contributed by atoms with E-state index in [1.54, 1.807) is 17.4 Å². The van der Waals surface area contributed by atoms with Gasteiger partial charge in [-0.15, -0.1) is 11.3 Å². The van der Waals surface area contributed by atoms with Crippen molar-refractivity contribution in [1.82, 2.24) is 4.98 Å². The summed E-state index contributed by atoms with van der Waals surface area (Å²) in [6, 6.07) is 5.41. The minimum absolute atomic E-state index is 0.612. The second kappa shape index (κ2) is 5.15. The summed E-state index contributed by atoms with van der Waals surface area (Å²) in [6.45, 7) is 0.612. The molecule has 0 saturated carbocycles. The topological polar surface area (TPSA) is 38.9 Å². The summed E-state index contributed by atoms with van der Waals surface area (Å²) in [5, 5.41) is 4.27. The lowest BCUT2D eigenvalue weighted by Crippen LogP contribution is -2.01. The van der Waals surface area contributed by atoms with Crippen molar-refractivity contribution in [3.05, 3.63) is 38.6 Å². The van der Waals surface area contributed by atoms with Crippen LogP contribution in [0.25, 0.3) is 11.3 Å². The van der Waals surface area contributed by atoms with E-state index in [1.165, 1.54) is 0 Å². The molecule has 0 atom stereocenters. The third kappa shape index (κ3) is 2.55. The number of thiazole rings is 1. The predicted octanol–water partition coefficient (Wildman–Crippen LogP) is 3.62. The van der Waals surface area contributed by atoms with Gasteiger partial charge in [-0.3, -0.25) is 0 Å². The van der Waals surface area contributed by atoms with Gasteiger partial charge in [-0.1, -0.05) is 23.2 Å². The quantitative estimate of drug-likeness (QED) is 0.927. The Hall–Kier alpha value is -0.610. The van der Waals surface area contributed by atoms with E-state index in [1.807, 2.05) is 17.5 Å². The van der Waals surface area contributed by atoms with E-state index in [4.69, 9.17) is 28.9 Å². The molecule has 84 valence electrons. The number of hydrogen-bond donors (Lipinski definition) is 1. The fourth-order valence-electron chi connectivity index (χ4n) is 1.37. The molecule has 0 bridgehead atoms. The van der Waals surface area contributed by atoms with Crippen molar-refractivity contribution in [2.45, 2.75) is 6.42 Å². The van der Waals surface area contributed by atoms with Crippen LogP contribution in [0.1, 0.15) is 5.01 Å². The molecule has 0 aliphatic rings. The molecule has 0 spiro atoms. The largest absolute Gasteiger partial charge is 0.330 e. The van der Waals surface area contributed by atoms with Crippen molar-refractivity contribution in [2.24, 2.45) is 5.73 Å². The second-order valence-corrected chi connectivity index (χ2v) is 5.08. The Bertz CT molecular complexity index is 496. The Morgan fingerprint density at radius 2 is 2.12 bits per heavy atom. The highest BCUT2D eigenvalue weighted by molar-refractivity contribution is 7.09. The number of rotatable bonds is 3. The van der Waals surface area contributed by atoms with Crippen molar-refractivity contribution in [1.29, 1.82) is 0 Å². The first kappa shape index (κ1) is 11.9. The van der Waals surface area contributed by atoms with Crippen LogP contribution in [0.3, 0.4) is 0 Å². The molecule has 2 aromatic rings. The average molecular weight is 273 g/mol. The molecule has 16 heavy (non-hydrogen) atoms. The van der Waals surface area contributed by atoms with E-state index in [0.29, 0.717) is 16.6 Å². The van der Waals surface area contributed by atoms with Crippen LogP contribution < -0.4 is 5.73 Å². The zero-order valence-electron chi connectivity index (χ0n) is 8.41. The van der Waals surface area contributed by atoms with Crippen molar-refractivity contribution in [3.63, 3.8) is 0 Å². The molecule has 0 unspecified atom stereocenters. The molecule has 1 aromatic carbocycles. The molecule has 0 aliphatic heterocycles. The van der Waals surface area contributed by atoms with Gasteiger partial charge in [0.1, 0.15) is 0 Å². The van der Waals surface area contributed by atoms with Gasteiger partial charge < -0.3 is 5.73 Å². The first-order chi connectivity index (χ1) is 7.70. The van der Waals surface area contributed by atoms with Gasteiger partial charge in [0, 0.05) is 22.4 Å². The van der Waals surface area contributed by atoms with Crippen LogP contribution in [-0.2, 0) is 6.42 Å². The van der Waals surface area contributed by atoms with Crippen LogP contribution in [0.2, 0.25) is 10.0 Å². The third-order valence-corrected chi connectivity index (χ3v) is 3.57. The van der Waals surface area contributed by atoms with Crippen LogP contribution in [0, 0.1) is 0 Å². The van der Waals surface area contributed by atoms with Gasteiger partial charge >= 0.3 is 0 Å². The molecular formula is C11H10Cl2N2S. The van der Waals surface area contributed by atoms with Crippen molar-refractivity contribution >= 4 is 34.5 Å². The highest BCUT2D eigenvalue weighted by Gasteiger charge is 2.08. The summed E-state index contributed by atoms with van der Waals surface area (Å²) in [7, 11) is 0. The van der Waals surface area contributed by atoms with E-state index in [2.05, 4.69) is 4.98 Å². The normalized spacial score (nSPS) is 10.7. The molecule has 2 rings (SSSR count). The Morgan fingerprint density at radius 3 is 2.81 bits per heavy atom. The lowest BCUT2D eigenvalue weighted by Gasteiger charge is -2.00. The lowest BCUT2D eigenvalue weighted by molar-refractivity contribution is 0.954. The van der Waals surface area contributed by atoms with E-state index >= 15 is 0 Å². The number of nitrogens with zero attached hydrogens (tertiary/aromatic N) is 1. The Labute approximate surface area is 108 Å². The fraction of sp³-hybridized carbons (Fsp3) is 0.182. The van der Waals surface area contributed by atoms with Gasteiger partial charge in [-0.25, -0.2) is 4.98 Å². The molecule has 0 fully saturated rings. The monoisotopic (exact) mass is 272 g/mol. The third-order valence-electron chi connectivity index (χ3n) is 2.12. The SMILES string of the molecule is NCCc1nc(-c2ccc(Cl)cc2Cl)cs1. The molecule has 5 heteroatoms. The zero-order valence-corrected chi connectivity index (χ0v) is 10.7. The van der Waals surface area contributed by atoms with E-state index < -0.39 is 0 Å². The molecule has 2 N–H and O–H groups in total. The maximum Gasteiger partial charge on any atom is 0.0945 e. The Kier molecular flexibility index (Phi) is 3.82. The number of benzene rings is 1. The molecule has 1 heterocycles. The van der Waals surface area contributed by atoms with Crippen LogP contribution in [0.5, 0.6) is 0 Å². The standard InChI is InChI=1S/C11H10Cl2N2S/c12-7-1-2-8(9(13)5-7)10-6-16-11(15-10)3-4-14/h1-2,5-6H,3-4,14H2. The Balaban J connectivity index is 2.35. The van der Waals surface area contributed by atoms with Gasteiger partial charge in [-0.05, 0) is 24.7 Å². The molecule has 0 radical (unpaired) electrons. The van der Waals surface area contributed by atoms with Crippen molar-refractivity contribution < 1.29 is 0 Å².